The van der Waals surface area contributed by atoms with Crippen LogP contribution in [0.4, 0.5) is 0 Å². The lowest BCUT2D eigenvalue weighted by molar-refractivity contribution is -0.121. The van der Waals surface area contributed by atoms with Crippen LogP contribution in [0.25, 0.3) is 0 Å². The van der Waals surface area contributed by atoms with Gasteiger partial charge >= 0.3 is 0 Å². The molecule has 92 valence electrons. The molecule has 2 N–H and O–H groups in total. The van der Waals surface area contributed by atoms with Gasteiger partial charge in [0.1, 0.15) is 0 Å². The highest BCUT2D eigenvalue weighted by Crippen LogP contribution is 2.18. The molecule has 2 aliphatic carbocycles. The number of carbonyl (C=O) groups excluding carboxylic acids is 1. The first kappa shape index (κ1) is 11.9. The third kappa shape index (κ3) is 4.52. The fourth-order valence-electron chi connectivity index (χ4n) is 2.40. The van der Waals surface area contributed by atoms with Crippen LogP contribution in [0.2, 0.25) is 0 Å². The molecular weight excluding hydrogens is 200 g/mol. The van der Waals surface area contributed by atoms with E-state index in [2.05, 4.69) is 10.6 Å². The lowest BCUT2D eigenvalue weighted by Crippen LogP contribution is -2.41. The van der Waals surface area contributed by atoms with E-state index >= 15 is 0 Å². The van der Waals surface area contributed by atoms with Gasteiger partial charge in [0.15, 0.2) is 0 Å². The molecule has 0 saturated heterocycles. The molecule has 2 aliphatic rings. The fraction of sp³-hybridized carbons (Fsp3) is 0.923. The van der Waals surface area contributed by atoms with Gasteiger partial charge in [-0.1, -0.05) is 32.1 Å². The molecule has 0 heterocycles. The monoisotopic (exact) mass is 224 g/mol. The van der Waals surface area contributed by atoms with Gasteiger partial charge in [0, 0.05) is 12.1 Å². The summed E-state index contributed by atoms with van der Waals surface area (Å²) in [5.41, 5.74) is 0. The normalized spacial score (nSPS) is 23.5. The van der Waals surface area contributed by atoms with Crippen molar-refractivity contribution in [1.82, 2.24) is 10.6 Å². The van der Waals surface area contributed by atoms with Crippen LogP contribution in [-0.4, -0.2) is 24.5 Å². The van der Waals surface area contributed by atoms with Crippen molar-refractivity contribution in [3.8, 4) is 0 Å². The van der Waals surface area contributed by atoms with Crippen LogP contribution in [0.1, 0.15) is 57.8 Å². The first-order chi connectivity index (χ1) is 7.84. The van der Waals surface area contributed by atoms with Gasteiger partial charge < -0.3 is 10.6 Å². The van der Waals surface area contributed by atoms with E-state index in [1.165, 1.54) is 57.8 Å². The van der Waals surface area contributed by atoms with Gasteiger partial charge in [0.2, 0.25) is 5.91 Å². The molecule has 1 amide bonds. The molecule has 3 nitrogen and oxygen atoms in total. The Kier molecular flexibility index (Phi) is 4.64. The molecule has 2 saturated carbocycles. The summed E-state index contributed by atoms with van der Waals surface area (Å²) in [4.78, 5) is 11.7. The standard InChI is InChI=1S/C13H24N2O/c16-13(10-14-11-8-9-11)15-12-6-4-2-1-3-5-7-12/h11-12,14H,1-10H2,(H,15,16). The Morgan fingerprint density at radius 2 is 1.50 bits per heavy atom. The molecule has 0 radical (unpaired) electrons. The maximum Gasteiger partial charge on any atom is 0.234 e. The Hall–Kier alpha value is -0.570. The quantitative estimate of drug-likeness (QED) is 0.766. The minimum atomic E-state index is 0.192. The Bertz CT molecular complexity index is 218. The summed E-state index contributed by atoms with van der Waals surface area (Å²) < 4.78 is 0. The van der Waals surface area contributed by atoms with Crippen LogP contribution in [0.15, 0.2) is 0 Å². The van der Waals surface area contributed by atoms with Crippen molar-refractivity contribution in [2.75, 3.05) is 6.54 Å². The van der Waals surface area contributed by atoms with E-state index in [1.807, 2.05) is 0 Å². The molecule has 0 spiro atoms. The lowest BCUT2D eigenvalue weighted by atomic mass is 9.97. The molecule has 0 aromatic carbocycles. The van der Waals surface area contributed by atoms with Gasteiger partial charge in [0.25, 0.3) is 0 Å². The average molecular weight is 224 g/mol. The van der Waals surface area contributed by atoms with Crippen molar-refractivity contribution in [2.24, 2.45) is 0 Å². The van der Waals surface area contributed by atoms with Crippen LogP contribution >= 0.6 is 0 Å². The zero-order chi connectivity index (χ0) is 11.2. The third-order valence-electron chi connectivity index (χ3n) is 3.60. The largest absolute Gasteiger partial charge is 0.352 e. The van der Waals surface area contributed by atoms with Gasteiger partial charge in [-0.25, -0.2) is 0 Å². The first-order valence-corrected chi connectivity index (χ1v) is 6.87. The third-order valence-corrected chi connectivity index (χ3v) is 3.60. The van der Waals surface area contributed by atoms with Crippen molar-refractivity contribution < 1.29 is 4.79 Å². The Morgan fingerprint density at radius 1 is 0.875 bits per heavy atom. The highest BCUT2D eigenvalue weighted by molar-refractivity contribution is 5.78. The summed E-state index contributed by atoms with van der Waals surface area (Å²) in [6, 6.07) is 1.07. The minimum Gasteiger partial charge on any atom is -0.352 e. The van der Waals surface area contributed by atoms with Crippen LogP contribution in [-0.2, 0) is 4.79 Å². The number of nitrogens with one attached hydrogen (secondary N) is 2. The molecule has 0 aromatic rings. The Balaban J connectivity index is 1.62. The number of hydrogen-bond acceptors (Lipinski definition) is 2. The van der Waals surface area contributed by atoms with E-state index in [1.54, 1.807) is 0 Å². The maximum absolute atomic E-state index is 11.7. The number of amides is 1. The van der Waals surface area contributed by atoms with Crippen molar-refractivity contribution in [3.05, 3.63) is 0 Å². The van der Waals surface area contributed by atoms with Crippen LogP contribution in [0.3, 0.4) is 0 Å². The zero-order valence-electron chi connectivity index (χ0n) is 10.1. The summed E-state index contributed by atoms with van der Waals surface area (Å²) in [6.07, 6.45) is 11.5. The van der Waals surface area contributed by atoms with Crippen molar-refractivity contribution in [3.63, 3.8) is 0 Å². The van der Waals surface area contributed by atoms with Crippen molar-refractivity contribution >= 4 is 5.91 Å². The highest BCUT2D eigenvalue weighted by atomic mass is 16.1. The predicted molar refractivity (Wildman–Crippen MR) is 65.3 cm³/mol. The highest BCUT2D eigenvalue weighted by Gasteiger charge is 2.21. The van der Waals surface area contributed by atoms with E-state index in [-0.39, 0.29) is 5.91 Å². The molecule has 0 aliphatic heterocycles. The predicted octanol–water partition coefficient (Wildman–Crippen LogP) is 1.97. The van der Waals surface area contributed by atoms with Gasteiger partial charge in [-0.2, -0.15) is 0 Å². The maximum atomic E-state index is 11.7. The van der Waals surface area contributed by atoms with Gasteiger partial charge in [-0.05, 0) is 25.7 Å². The van der Waals surface area contributed by atoms with E-state index in [9.17, 15) is 4.79 Å². The fourth-order valence-corrected chi connectivity index (χ4v) is 2.40. The molecule has 3 heteroatoms. The van der Waals surface area contributed by atoms with E-state index in [0.29, 0.717) is 18.6 Å². The summed E-state index contributed by atoms with van der Waals surface area (Å²) in [6.45, 7) is 0.515. The van der Waals surface area contributed by atoms with E-state index in [4.69, 9.17) is 0 Å². The van der Waals surface area contributed by atoms with E-state index < -0.39 is 0 Å². The summed E-state index contributed by atoms with van der Waals surface area (Å²) >= 11 is 0. The molecule has 0 unspecified atom stereocenters. The topological polar surface area (TPSA) is 41.1 Å². The number of rotatable bonds is 4. The molecule has 0 aromatic heterocycles. The number of hydrogen-bond donors (Lipinski definition) is 2. The van der Waals surface area contributed by atoms with Gasteiger partial charge in [-0.3, -0.25) is 4.79 Å². The van der Waals surface area contributed by atoms with E-state index in [0.717, 1.165) is 0 Å². The second-order valence-electron chi connectivity index (χ2n) is 5.26. The second kappa shape index (κ2) is 6.24. The zero-order valence-corrected chi connectivity index (χ0v) is 10.1. The molecule has 2 fully saturated rings. The van der Waals surface area contributed by atoms with Gasteiger partial charge in [-0.15, -0.1) is 0 Å². The van der Waals surface area contributed by atoms with Crippen molar-refractivity contribution in [2.45, 2.75) is 69.9 Å². The lowest BCUT2D eigenvalue weighted by Gasteiger charge is -2.21. The molecular formula is C13H24N2O. The van der Waals surface area contributed by atoms with Crippen LogP contribution in [0, 0.1) is 0 Å². The molecule has 0 atom stereocenters. The minimum absolute atomic E-state index is 0.192. The molecule has 0 bridgehead atoms. The van der Waals surface area contributed by atoms with Crippen LogP contribution < -0.4 is 10.6 Å². The SMILES string of the molecule is O=C(CNC1CC1)NC1CCCCCCC1. The smallest absolute Gasteiger partial charge is 0.234 e. The van der Waals surface area contributed by atoms with Gasteiger partial charge in [0.05, 0.1) is 6.54 Å². The molecule has 16 heavy (non-hydrogen) atoms. The Labute approximate surface area is 98.4 Å². The number of carbonyl (C=O) groups is 1. The Morgan fingerprint density at radius 3 is 2.12 bits per heavy atom. The summed E-state index contributed by atoms with van der Waals surface area (Å²) in [5, 5.41) is 6.43. The first-order valence-electron chi connectivity index (χ1n) is 6.87. The van der Waals surface area contributed by atoms with Crippen molar-refractivity contribution in [1.29, 1.82) is 0 Å². The van der Waals surface area contributed by atoms with Crippen LogP contribution in [0.5, 0.6) is 0 Å². The second-order valence-corrected chi connectivity index (χ2v) is 5.26. The summed E-state index contributed by atoms with van der Waals surface area (Å²) in [5.74, 6) is 0.192. The summed E-state index contributed by atoms with van der Waals surface area (Å²) in [7, 11) is 0. The molecule has 2 rings (SSSR count). The average Bonchev–Trinajstić information content (AvgIpc) is 3.02.